The predicted molar refractivity (Wildman–Crippen MR) is 120 cm³/mol. The zero-order valence-electron chi connectivity index (χ0n) is 19.2. The number of aromatic amines is 1. The van der Waals surface area contributed by atoms with Crippen LogP contribution in [0, 0.1) is 11.8 Å². The van der Waals surface area contributed by atoms with E-state index in [0.29, 0.717) is 16.6 Å². The van der Waals surface area contributed by atoms with Crippen molar-refractivity contribution in [3.63, 3.8) is 0 Å². The molecule has 0 aromatic carbocycles. The minimum Gasteiger partial charge on any atom is -0.455 e. The second-order valence-corrected chi connectivity index (χ2v) is 9.00. The third-order valence-electron chi connectivity index (χ3n) is 5.98. The zero-order chi connectivity index (χ0) is 24.4. The fourth-order valence-corrected chi connectivity index (χ4v) is 3.73. The molecule has 0 bridgehead atoms. The Morgan fingerprint density at radius 1 is 1.06 bits per heavy atom. The SMILES string of the molecule is CC(C)C(N)C(=O)OC1C(CO)NC(c2c[nH]c3c(N)ncnc23)C1OC(=O)C(N)C(C)C. The van der Waals surface area contributed by atoms with E-state index in [1.165, 1.54) is 6.33 Å². The molecule has 9 N–H and O–H groups in total. The second-order valence-electron chi connectivity index (χ2n) is 9.00. The Kier molecular flexibility index (Phi) is 7.52. The summed E-state index contributed by atoms with van der Waals surface area (Å²) < 4.78 is 11.5. The molecule has 6 atom stereocenters. The van der Waals surface area contributed by atoms with Gasteiger partial charge in [-0.25, -0.2) is 9.97 Å². The number of hydrogen-bond acceptors (Lipinski definition) is 11. The van der Waals surface area contributed by atoms with Crippen LogP contribution >= 0.6 is 0 Å². The maximum absolute atomic E-state index is 12.8. The van der Waals surface area contributed by atoms with Crippen molar-refractivity contribution in [1.29, 1.82) is 0 Å². The molecule has 2 aromatic rings. The minimum absolute atomic E-state index is 0.168. The average Bonchev–Trinajstić information content (AvgIpc) is 3.34. The Labute approximate surface area is 191 Å². The van der Waals surface area contributed by atoms with E-state index in [4.69, 9.17) is 26.7 Å². The van der Waals surface area contributed by atoms with Gasteiger partial charge in [-0.15, -0.1) is 0 Å². The van der Waals surface area contributed by atoms with E-state index in [9.17, 15) is 14.7 Å². The topological polar surface area (TPSA) is 204 Å². The van der Waals surface area contributed by atoms with Crippen molar-refractivity contribution in [3.8, 4) is 0 Å². The number of rotatable bonds is 8. The predicted octanol–water partition coefficient (Wildman–Crippen LogP) is -0.664. The number of esters is 2. The van der Waals surface area contributed by atoms with E-state index in [-0.39, 0.29) is 24.3 Å². The first-order valence-electron chi connectivity index (χ1n) is 10.9. The van der Waals surface area contributed by atoms with Gasteiger partial charge in [0, 0.05) is 11.8 Å². The molecule has 0 amide bonds. The van der Waals surface area contributed by atoms with E-state index in [1.807, 2.05) is 0 Å². The summed E-state index contributed by atoms with van der Waals surface area (Å²) in [6.45, 7) is 6.80. The summed E-state index contributed by atoms with van der Waals surface area (Å²) in [5, 5.41) is 13.2. The second kappa shape index (κ2) is 10.00. The molecule has 1 saturated heterocycles. The summed E-state index contributed by atoms with van der Waals surface area (Å²) in [5.41, 5.74) is 19.5. The number of anilines is 1. The number of nitrogen functional groups attached to an aromatic ring is 1. The highest BCUT2D eigenvalue weighted by Gasteiger charge is 2.50. The molecular weight excluding hydrogens is 430 g/mol. The van der Waals surface area contributed by atoms with Gasteiger partial charge in [-0.2, -0.15) is 0 Å². The molecule has 0 saturated carbocycles. The maximum atomic E-state index is 12.8. The fourth-order valence-electron chi connectivity index (χ4n) is 3.73. The van der Waals surface area contributed by atoms with Gasteiger partial charge >= 0.3 is 11.9 Å². The van der Waals surface area contributed by atoms with E-state index >= 15 is 0 Å². The van der Waals surface area contributed by atoms with E-state index in [2.05, 4.69) is 20.3 Å². The molecule has 182 valence electrons. The van der Waals surface area contributed by atoms with Gasteiger partial charge in [-0.05, 0) is 11.8 Å². The summed E-state index contributed by atoms with van der Waals surface area (Å²) in [6, 6.07) is -3.16. The Bertz CT molecular complexity index is 995. The lowest BCUT2D eigenvalue weighted by molar-refractivity contribution is -0.170. The molecule has 0 aliphatic carbocycles. The lowest BCUT2D eigenvalue weighted by atomic mass is 10.0. The molecular formula is C21H33N7O5. The molecule has 33 heavy (non-hydrogen) atoms. The highest BCUT2D eigenvalue weighted by molar-refractivity contribution is 5.87. The Balaban J connectivity index is 2.00. The Morgan fingerprint density at radius 2 is 1.64 bits per heavy atom. The lowest BCUT2D eigenvalue weighted by Crippen LogP contribution is -2.47. The standard InChI is InChI=1S/C21H33N7O5/c1-8(2)12(22)20(30)32-17-11(6-29)28-15(18(17)33-21(31)13(23)9(3)4)10-5-25-16-14(10)26-7-27-19(16)24/h5,7-9,11-13,15,17-18,25,28-29H,6,22-23H2,1-4H3,(H2,24,26,27). The van der Waals surface area contributed by atoms with Crippen molar-refractivity contribution >= 4 is 28.8 Å². The van der Waals surface area contributed by atoms with Crippen molar-refractivity contribution in [3.05, 3.63) is 18.1 Å². The van der Waals surface area contributed by atoms with Crippen LogP contribution in [-0.4, -0.2) is 68.9 Å². The van der Waals surface area contributed by atoms with Crippen molar-refractivity contribution in [2.45, 2.75) is 64.1 Å². The number of aliphatic hydroxyl groups is 1. The van der Waals surface area contributed by atoms with Gasteiger partial charge in [0.2, 0.25) is 0 Å². The van der Waals surface area contributed by atoms with Crippen LogP contribution in [0.2, 0.25) is 0 Å². The molecule has 6 unspecified atom stereocenters. The quantitative estimate of drug-likeness (QED) is 0.271. The number of nitrogens with one attached hydrogen (secondary N) is 2. The van der Waals surface area contributed by atoms with Gasteiger partial charge in [0.1, 0.15) is 23.9 Å². The first-order valence-corrected chi connectivity index (χ1v) is 10.9. The number of aliphatic hydroxyl groups excluding tert-OH is 1. The number of ether oxygens (including phenoxy) is 2. The van der Waals surface area contributed by atoms with Crippen LogP contribution in [0.4, 0.5) is 5.82 Å². The van der Waals surface area contributed by atoms with Crippen LogP contribution in [0.15, 0.2) is 12.5 Å². The number of hydrogen-bond donors (Lipinski definition) is 6. The van der Waals surface area contributed by atoms with Gasteiger partial charge in [0.05, 0.1) is 24.2 Å². The first-order chi connectivity index (χ1) is 15.6. The van der Waals surface area contributed by atoms with Gasteiger partial charge in [-0.3, -0.25) is 14.9 Å². The molecule has 1 aliphatic rings. The van der Waals surface area contributed by atoms with Gasteiger partial charge in [0.25, 0.3) is 0 Å². The van der Waals surface area contributed by atoms with Crippen molar-refractivity contribution < 1.29 is 24.2 Å². The minimum atomic E-state index is -1.01. The van der Waals surface area contributed by atoms with Crippen LogP contribution in [-0.2, 0) is 19.1 Å². The van der Waals surface area contributed by atoms with Gasteiger partial charge < -0.3 is 36.8 Å². The summed E-state index contributed by atoms with van der Waals surface area (Å²) in [7, 11) is 0. The normalized spacial score (nSPS) is 24.9. The van der Waals surface area contributed by atoms with E-state index in [0.717, 1.165) is 0 Å². The number of nitrogens with two attached hydrogens (primary N) is 3. The number of fused-ring (bicyclic) bond motifs is 1. The third kappa shape index (κ3) is 4.93. The van der Waals surface area contributed by atoms with Crippen LogP contribution in [0.5, 0.6) is 0 Å². The van der Waals surface area contributed by atoms with E-state index in [1.54, 1.807) is 33.9 Å². The Hall–Kier alpha value is -2.80. The summed E-state index contributed by atoms with van der Waals surface area (Å²) in [5.74, 6) is -1.39. The molecule has 0 spiro atoms. The maximum Gasteiger partial charge on any atom is 0.323 e. The zero-order valence-corrected chi connectivity index (χ0v) is 19.2. The van der Waals surface area contributed by atoms with Crippen LogP contribution in [0.3, 0.4) is 0 Å². The van der Waals surface area contributed by atoms with Crippen molar-refractivity contribution in [2.24, 2.45) is 23.3 Å². The number of aromatic nitrogens is 3. The lowest BCUT2D eigenvalue weighted by Gasteiger charge is -2.28. The largest absolute Gasteiger partial charge is 0.455 e. The molecule has 12 nitrogen and oxygen atoms in total. The molecule has 2 aromatic heterocycles. The third-order valence-corrected chi connectivity index (χ3v) is 5.98. The van der Waals surface area contributed by atoms with Crippen LogP contribution in [0.1, 0.15) is 39.3 Å². The molecule has 1 fully saturated rings. The number of H-pyrrole nitrogens is 1. The summed E-state index contributed by atoms with van der Waals surface area (Å²) >= 11 is 0. The van der Waals surface area contributed by atoms with Crippen LogP contribution in [0.25, 0.3) is 11.0 Å². The number of carbonyl (C=O) groups is 2. The highest BCUT2D eigenvalue weighted by atomic mass is 16.6. The Morgan fingerprint density at radius 3 is 2.18 bits per heavy atom. The average molecular weight is 464 g/mol. The number of nitrogens with zero attached hydrogens (tertiary/aromatic N) is 2. The van der Waals surface area contributed by atoms with Crippen LogP contribution < -0.4 is 22.5 Å². The first kappa shape index (κ1) is 24.8. The van der Waals surface area contributed by atoms with E-state index < -0.39 is 48.3 Å². The summed E-state index contributed by atoms with van der Waals surface area (Å²) in [6.07, 6.45) is 0.972. The van der Waals surface area contributed by atoms with Crippen molar-refractivity contribution in [1.82, 2.24) is 20.3 Å². The molecule has 0 radical (unpaired) electrons. The number of carbonyl (C=O) groups excluding carboxylic acids is 2. The molecule has 3 heterocycles. The monoisotopic (exact) mass is 463 g/mol. The summed E-state index contributed by atoms with van der Waals surface area (Å²) in [4.78, 5) is 36.7. The smallest absolute Gasteiger partial charge is 0.323 e. The van der Waals surface area contributed by atoms with Gasteiger partial charge in [0.15, 0.2) is 18.0 Å². The highest BCUT2D eigenvalue weighted by Crippen LogP contribution is 2.36. The van der Waals surface area contributed by atoms with Gasteiger partial charge in [-0.1, -0.05) is 27.7 Å². The molecule has 1 aliphatic heterocycles. The van der Waals surface area contributed by atoms with Crippen molar-refractivity contribution in [2.75, 3.05) is 12.3 Å². The fraction of sp³-hybridized carbons (Fsp3) is 0.619. The molecule has 3 rings (SSSR count). The molecule has 12 heteroatoms.